The fourth-order valence-corrected chi connectivity index (χ4v) is 2.92. The minimum atomic E-state index is -0.300. The number of hydrogen-bond donors (Lipinski definition) is 0. The van der Waals surface area contributed by atoms with Crippen LogP contribution in [0, 0.1) is 5.82 Å². The summed E-state index contributed by atoms with van der Waals surface area (Å²) in [5, 5.41) is 0.503. The average Bonchev–Trinajstić information content (AvgIpc) is 2.48. The molecular formula is C15H11BrClFO2. The van der Waals surface area contributed by atoms with E-state index in [1.165, 1.54) is 12.1 Å². The number of ether oxygens (including phenoxy) is 2. The number of alkyl halides is 1. The van der Waals surface area contributed by atoms with Crippen molar-refractivity contribution in [2.24, 2.45) is 0 Å². The van der Waals surface area contributed by atoms with Crippen molar-refractivity contribution in [2.75, 3.05) is 13.2 Å². The van der Waals surface area contributed by atoms with Crippen LogP contribution in [0.4, 0.5) is 4.39 Å². The molecule has 0 amide bonds. The highest BCUT2D eigenvalue weighted by Gasteiger charge is 2.19. The second-order valence-corrected chi connectivity index (χ2v) is 5.78. The maximum absolute atomic E-state index is 13.9. The van der Waals surface area contributed by atoms with Crippen LogP contribution in [-0.4, -0.2) is 13.2 Å². The molecule has 0 aromatic heterocycles. The first kappa shape index (κ1) is 13.7. The van der Waals surface area contributed by atoms with Crippen molar-refractivity contribution in [1.29, 1.82) is 0 Å². The van der Waals surface area contributed by atoms with Crippen molar-refractivity contribution in [3.8, 4) is 11.5 Å². The molecule has 3 rings (SSSR count). The van der Waals surface area contributed by atoms with Crippen LogP contribution in [0.5, 0.6) is 11.5 Å². The first-order valence-corrected chi connectivity index (χ1v) is 7.43. The molecule has 1 atom stereocenters. The lowest BCUT2D eigenvalue weighted by atomic mass is 10.0. The molecule has 0 fully saturated rings. The number of rotatable bonds is 2. The summed E-state index contributed by atoms with van der Waals surface area (Å²) in [4.78, 5) is -0.294. The predicted molar refractivity (Wildman–Crippen MR) is 79.6 cm³/mol. The van der Waals surface area contributed by atoms with Gasteiger partial charge in [-0.15, -0.1) is 0 Å². The molecular weight excluding hydrogens is 347 g/mol. The highest BCUT2D eigenvalue weighted by molar-refractivity contribution is 9.09. The van der Waals surface area contributed by atoms with Crippen LogP contribution in [-0.2, 0) is 0 Å². The maximum Gasteiger partial charge on any atom is 0.161 e. The van der Waals surface area contributed by atoms with Gasteiger partial charge in [0.25, 0.3) is 0 Å². The monoisotopic (exact) mass is 356 g/mol. The molecule has 0 spiro atoms. The lowest BCUT2D eigenvalue weighted by molar-refractivity contribution is 0.171. The largest absolute Gasteiger partial charge is 0.486 e. The van der Waals surface area contributed by atoms with Crippen LogP contribution < -0.4 is 9.47 Å². The Hall–Kier alpha value is -1.26. The van der Waals surface area contributed by atoms with Gasteiger partial charge in [0.15, 0.2) is 11.5 Å². The Bertz CT molecular complexity index is 648. The van der Waals surface area contributed by atoms with E-state index in [1.54, 1.807) is 6.07 Å². The predicted octanol–water partition coefficient (Wildman–Crippen LogP) is 4.73. The molecule has 0 bridgehead atoms. The highest BCUT2D eigenvalue weighted by atomic mass is 79.9. The first-order chi connectivity index (χ1) is 9.65. The van der Waals surface area contributed by atoms with Crippen LogP contribution in [0.15, 0.2) is 36.4 Å². The molecule has 0 saturated carbocycles. The van der Waals surface area contributed by atoms with Gasteiger partial charge in [-0.2, -0.15) is 0 Å². The zero-order valence-electron chi connectivity index (χ0n) is 10.4. The topological polar surface area (TPSA) is 18.5 Å². The molecule has 2 nitrogen and oxygen atoms in total. The molecule has 5 heteroatoms. The summed E-state index contributed by atoms with van der Waals surface area (Å²) < 4.78 is 24.9. The van der Waals surface area contributed by atoms with Gasteiger partial charge in [-0.3, -0.25) is 0 Å². The molecule has 20 heavy (non-hydrogen) atoms. The van der Waals surface area contributed by atoms with Crippen LogP contribution in [0.1, 0.15) is 16.0 Å². The van der Waals surface area contributed by atoms with Gasteiger partial charge in [0.2, 0.25) is 0 Å². The summed E-state index contributed by atoms with van der Waals surface area (Å²) in [5.74, 6) is 1.10. The van der Waals surface area contributed by atoms with Gasteiger partial charge < -0.3 is 9.47 Å². The van der Waals surface area contributed by atoms with Crippen molar-refractivity contribution in [1.82, 2.24) is 0 Å². The fourth-order valence-electron chi connectivity index (χ4n) is 2.11. The molecule has 0 aliphatic carbocycles. The third-order valence-electron chi connectivity index (χ3n) is 3.09. The van der Waals surface area contributed by atoms with E-state index in [4.69, 9.17) is 21.1 Å². The lowest BCUT2D eigenvalue weighted by Crippen LogP contribution is -2.15. The zero-order chi connectivity index (χ0) is 14.1. The van der Waals surface area contributed by atoms with E-state index < -0.39 is 0 Å². The molecule has 0 radical (unpaired) electrons. The Morgan fingerprint density at radius 3 is 2.60 bits per heavy atom. The van der Waals surface area contributed by atoms with Crippen molar-refractivity contribution >= 4 is 27.5 Å². The van der Waals surface area contributed by atoms with E-state index in [9.17, 15) is 4.39 Å². The second kappa shape index (κ2) is 5.62. The average molecular weight is 358 g/mol. The Morgan fingerprint density at radius 2 is 1.80 bits per heavy atom. The van der Waals surface area contributed by atoms with E-state index in [0.717, 1.165) is 5.56 Å². The van der Waals surface area contributed by atoms with Gasteiger partial charge in [-0.1, -0.05) is 33.6 Å². The summed E-state index contributed by atoms with van der Waals surface area (Å²) in [5.41, 5.74) is 1.38. The summed E-state index contributed by atoms with van der Waals surface area (Å²) in [6, 6.07) is 10.1. The van der Waals surface area contributed by atoms with Gasteiger partial charge in [-0.25, -0.2) is 4.39 Å². The molecule has 104 valence electrons. The molecule has 0 saturated heterocycles. The van der Waals surface area contributed by atoms with Crippen LogP contribution in [0.2, 0.25) is 5.02 Å². The normalized spacial score (nSPS) is 14.9. The quantitative estimate of drug-likeness (QED) is 0.723. The molecule has 2 aromatic carbocycles. The number of benzene rings is 2. The molecule has 2 aromatic rings. The maximum atomic E-state index is 13.9. The summed E-state index contributed by atoms with van der Waals surface area (Å²) >= 11 is 9.44. The highest BCUT2D eigenvalue weighted by Crippen LogP contribution is 2.39. The van der Waals surface area contributed by atoms with E-state index in [1.807, 2.05) is 18.2 Å². The minimum absolute atomic E-state index is 0.294. The zero-order valence-corrected chi connectivity index (χ0v) is 12.7. The van der Waals surface area contributed by atoms with Crippen molar-refractivity contribution < 1.29 is 13.9 Å². The molecule has 0 N–H and O–H groups in total. The van der Waals surface area contributed by atoms with Crippen LogP contribution in [0.3, 0.4) is 0 Å². The van der Waals surface area contributed by atoms with Gasteiger partial charge in [0.1, 0.15) is 19.0 Å². The van der Waals surface area contributed by atoms with Gasteiger partial charge >= 0.3 is 0 Å². The minimum Gasteiger partial charge on any atom is -0.486 e. The smallest absolute Gasteiger partial charge is 0.161 e. The molecule has 1 unspecified atom stereocenters. The lowest BCUT2D eigenvalue weighted by Gasteiger charge is -2.20. The second-order valence-electron chi connectivity index (χ2n) is 4.43. The van der Waals surface area contributed by atoms with Gasteiger partial charge in [0.05, 0.1) is 4.83 Å². The molecule has 1 aliphatic heterocycles. The summed E-state index contributed by atoms with van der Waals surface area (Å²) in [7, 11) is 0. The molecule has 1 aliphatic rings. The van der Waals surface area contributed by atoms with Crippen LogP contribution >= 0.6 is 27.5 Å². The van der Waals surface area contributed by atoms with Crippen LogP contribution in [0.25, 0.3) is 0 Å². The third-order valence-corrected chi connectivity index (χ3v) is 4.35. The Morgan fingerprint density at radius 1 is 1.05 bits per heavy atom. The van der Waals surface area contributed by atoms with E-state index in [2.05, 4.69) is 15.9 Å². The first-order valence-electron chi connectivity index (χ1n) is 6.14. The molecule has 1 heterocycles. The third kappa shape index (κ3) is 2.63. The van der Waals surface area contributed by atoms with Crippen molar-refractivity contribution in [3.63, 3.8) is 0 Å². The number of halogens is 3. The summed E-state index contributed by atoms with van der Waals surface area (Å²) in [6.07, 6.45) is 0. The van der Waals surface area contributed by atoms with Gasteiger partial charge in [-0.05, 0) is 35.9 Å². The SMILES string of the molecule is Fc1ccc(Cl)cc1C(Br)c1ccc2c(c1)OCCO2. The number of fused-ring (bicyclic) bond motifs is 1. The van der Waals surface area contributed by atoms with E-state index >= 15 is 0 Å². The van der Waals surface area contributed by atoms with Crippen molar-refractivity contribution in [3.05, 3.63) is 58.4 Å². The Kier molecular flexibility index (Phi) is 3.85. The van der Waals surface area contributed by atoms with Gasteiger partial charge in [0, 0.05) is 10.6 Å². The number of hydrogen-bond acceptors (Lipinski definition) is 2. The fraction of sp³-hybridized carbons (Fsp3) is 0.200. The van der Waals surface area contributed by atoms with E-state index in [-0.39, 0.29) is 10.6 Å². The Labute approximate surface area is 129 Å². The van der Waals surface area contributed by atoms with Crippen molar-refractivity contribution in [2.45, 2.75) is 4.83 Å². The standard InChI is InChI=1S/C15H11BrClFO2/c16-15(11-8-10(17)2-3-12(11)18)9-1-4-13-14(7-9)20-6-5-19-13/h1-4,7-8,15H,5-6H2. The Balaban J connectivity index is 1.97. The van der Waals surface area contributed by atoms with E-state index in [0.29, 0.717) is 35.3 Å². The summed E-state index contributed by atoms with van der Waals surface area (Å²) in [6.45, 7) is 1.07.